The van der Waals surface area contributed by atoms with Crippen molar-refractivity contribution in [2.45, 2.75) is 40.0 Å². The van der Waals surface area contributed by atoms with E-state index < -0.39 is 23.3 Å². The van der Waals surface area contributed by atoms with E-state index in [1.807, 2.05) is 0 Å². The van der Waals surface area contributed by atoms with Crippen LogP contribution in [0.5, 0.6) is 0 Å². The van der Waals surface area contributed by atoms with Crippen molar-refractivity contribution in [2.75, 3.05) is 6.61 Å². The molecular weight excluding hydrogens is 224 g/mol. The van der Waals surface area contributed by atoms with E-state index in [9.17, 15) is 19.5 Å². The Morgan fingerprint density at radius 3 is 2.12 bits per heavy atom. The van der Waals surface area contributed by atoms with Crippen LogP contribution < -0.4 is 0 Å². The second-order valence-corrected chi connectivity index (χ2v) is 3.40. The molecule has 0 aromatic carbocycles. The molecule has 5 heteroatoms. The molecule has 0 radical (unpaired) electrons. The zero-order valence-corrected chi connectivity index (χ0v) is 10.4. The van der Waals surface area contributed by atoms with Crippen LogP contribution in [-0.4, -0.2) is 29.2 Å². The highest BCUT2D eigenvalue weighted by Gasteiger charge is 2.25. The standard InChI is InChI=1S/C12H18O5/c1-4-7-9(13)10(14)8(5-2)11(15)12(16)17-6-3/h14H,4-7H2,1-3H3/b10-8-. The van der Waals surface area contributed by atoms with Gasteiger partial charge in [0.25, 0.3) is 5.78 Å². The summed E-state index contributed by atoms with van der Waals surface area (Å²) in [5.41, 5.74) is -0.179. The van der Waals surface area contributed by atoms with Crippen LogP contribution in [0, 0.1) is 0 Å². The van der Waals surface area contributed by atoms with Crippen molar-refractivity contribution in [3.05, 3.63) is 11.3 Å². The van der Waals surface area contributed by atoms with Gasteiger partial charge >= 0.3 is 5.97 Å². The first kappa shape index (κ1) is 15.3. The predicted molar refractivity (Wildman–Crippen MR) is 61.5 cm³/mol. The fourth-order valence-electron chi connectivity index (χ4n) is 1.27. The summed E-state index contributed by atoms with van der Waals surface area (Å²) in [5, 5.41) is 9.60. The molecule has 0 heterocycles. The zero-order valence-electron chi connectivity index (χ0n) is 10.4. The summed E-state index contributed by atoms with van der Waals surface area (Å²) in [5.74, 6) is -3.13. The molecule has 0 unspecified atom stereocenters. The fraction of sp³-hybridized carbons (Fsp3) is 0.583. The van der Waals surface area contributed by atoms with E-state index in [4.69, 9.17) is 0 Å². The lowest BCUT2D eigenvalue weighted by Gasteiger charge is -2.06. The maximum Gasteiger partial charge on any atom is 0.379 e. The van der Waals surface area contributed by atoms with Gasteiger partial charge in [-0.2, -0.15) is 0 Å². The van der Waals surface area contributed by atoms with Gasteiger partial charge in [0.2, 0.25) is 0 Å². The molecule has 96 valence electrons. The first-order chi connectivity index (χ1) is 7.99. The number of aliphatic hydroxyl groups excluding tert-OH is 1. The van der Waals surface area contributed by atoms with Crippen LogP contribution in [0.1, 0.15) is 40.0 Å². The lowest BCUT2D eigenvalue weighted by atomic mass is 10.0. The number of ether oxygens (including phenoxy) is 1. The van der Waals surface area contributed by atoms with Crippen molar-refractivity contribution in [1.82, 2.24) is 0 Å². The summed E-state index contributed by atoms with van der Waals surface area (Å²) in [6.07, 6.45) is 0.817. The van der Waals surface area contributed by atoms with Crippen molar-refractivity contribution < 1.29 is 24.2 Å². The smallest absolute Gasteiger partial charge is 0.379 e. The highest BCUT2D eigenvalue weighted by atomic mass is 16.5. The molecule has 0 saturated heterocycles. The Morgan fingerprint density at radius 1 is 1.12 bits per heavy atom. The van der Waals surface area contributed by atoms with Gasteiger partial charge in [0.05, 0.1) is 12.2 Å². The molecule has 0 atom stereocenters. The molecule has 0 amide bonds. The number of hydrogen-bond acceptors (Lipinski definition) is 5. The van der Waals surface area contributed by atoms with Crippen molar-refractivity contribution in [3.8, 4) is 0 Å². The Kier molecular flexibility index (Phi) is 6.86. The number of esters is 1. The van der Waals surface area contributed by atoms with E-state index in [1.165, 1.54) is 0 Å². The molecular formula is C12H18O5. The number of allylic oxidation sites excluding steroid dienone is 1. The van der Waals surface area contributed by atoms with Crippen molar-refractivity contribution in [3.63, 3.8) is 0 Å². The number of Topliss-reactive ketones (excluding diaryl/α,β-unsaturated/α-hetero) is 2. The zero-order chi connectivity index (χ0) is 13.4. The quantitative estimate of drug-likeness (QED) is 0.318. The maximum absolute atomic E-state index is 11.6. The minimum atomic E-state index is -1.04. The second kappa shape index (κ2) is 7.60. The van der Waals surface area contributed by atoms with Crippen LogP contribution in [0.2, 0.25) is 0 Å². The van der Waals surface area contributed by atoms with Gasteiger partial charge in [-0.15, -0.1) is 0 Å². The summed E-state index contributed by atoms with van der Waals surface area (Å²) in [4.78, 5) is 34.2. The van der Waals surface area contributed by atoms with Crippen molar-refractivity contribution >= 4 is 17.5 Å². The molecule has 0 aromatic rings. The molecule has 0 fully saturated rings. The highest BCUT2D eigenvalue weighted by Crippen LogP contribution is 2.12. The minimum Gasteiger partial charge on any atom is -0.504 e. The molecule has 0 aliphatic rings. The summed E-state index contributed by atoms with van der Waals surface area (Å²) >= 11 is 0. The number of ketones is 2. The van der Waals surface area contributed by atoms with E-state index in [2.05, 4.69) is 4.74 Å². The van der Waals surface area contributed by atoms with E-state index in [0.717, 1.165) is 0 Å². The summed E-state index contributed by atoms with van der Waals surface area (Å²) in [6, 6.07) is 0. The van der Waals surface area contributed by atoms with E-state index >= 15 is 0 Å². The first-order valence-electron chi connectivity index (χ1n) is 5.66. The third-order valence-corrected chi connectivity index (χ3v) is 2.12. The van der Waals surface area contributed by atoms with Crippen LogP contribution in [0.3, 0.4) is 0 Å². The molecule has 0 aliphatic heterocycles. The normalized spacial score (nSPS) is 11.7. The molecule has 0 aliphatic carbocycles. The Bertz CT molecular complexity index is 341. The average Bonchev–Trinajstić information content (AvgIpc) is 2.30. The maximum atomic E-state index is 11.6. The fourth-order valence-corrected chi connectivity index (χ4v) is 1.27. The Hall–Kier alpha value is -1.65. The summed E-state index contributed by atoms with van der Waals surface area (Å²) in [6.45, 7) is 5.01. The average molecular weight is 242 g/mol. The van der Waals surface area contributed by atoms with Crippen molar-refractivity contribution in [2.24, 2.45) is 0 Å². The third-order valence-electron chi connectivity index (χ3n) is 2.12. The van der Waals surface area contributed by atoms with E-state index in [-0.39, 0.29) is 25.0 Å². The molecule has 0 bridgehead atoms. The summed E-state index contributed by atoms with van der Waals surface area (Å²) < 4.78 is 4.53. The number of carbonyl (C=O) groups is 3. The van der Waals surface area contributed by atoms with Gasteiger partial charge in [0, 0.05) is 6.42 Å². The molecule has 0 aromatic heterocycles. The number of hydrogen-bond donors (Lipinski definition) is 1. The molecule has 0 saturated carbocycles. The van der Waals surface area contributed by atoms with E-state index in [0.29, 0.717) is 6.42 Å². The van der Waals surface area contributed by atoms with E-state index in [1.54, 1.807) is 20.8 Å². The monoisotopic (exact) mass is 242 g/mol. The molecule has 0 rings (SSSR count). The van der Waals surface area contributed by atoms with Gasteiger partial charge in [-0.25, -0.2) is 4.79 Å². The van der Waals surface area contributed by atoms with Crippen LogP contribution in [0.25, 0.3) is 0 Å². The molecule has 17 heavy (non-hydrogen) atoms. The Labute approximate surface area is 100 Å². The third kappa shape index (κ3) is 4.38. The van der Waals surface area contributed by atoms with Gasteiger partial charge in [-0.05, 0) is 19.8 Å². The lowest BCUT2D eigenvalue weighted by Crippen LogP contribution is -2.22. The van der Waals surface area contributed by atoms with Gasteiger partial charge < -0.3 is 9.84 Å². The number of rotatable bonds is 7. The van der Waals surface area contributed by atoms with Gasteiger partial charge in [-0.1, -0.05) is 13.8 Å². The SMILES string of the molecule is CCCC(=O)/C(O)=C(\CC)C(=O)C(=O)OCC. The van der Waals surface area contributed by atoms with Crippen LogP contribution in [-0.2, 0) is 19.1 Å². The molecule has 5 nitrogen and oxygen atoms in total. The Morgan fingerprint density at radius 2 is 1.71 bits per heavy atom. The number of carbonyl (C=O) groups excluding carboxylic acids is 3. The lowest BCUT2D eigenvalue weighted by molar-refractivity contribution is -0.151. The molecule has 1 N–H and O–H groups in total. The van der Waals surface area contributed by atoms with Crippen LogP contribution in [0.15, 0.2) is 11.3 Å². The van der Waals surface area contributed by atoms with Crippen molar-refractivity contribution in [1.29, 1.82) is 0 Å². The van der Waals surface area contributed by atoms with Crippen LogP contribution in [0.4, 0.5) is 0 Å². The van der Waals surface area contributed by atoms with Crippen LogP contribution >= 0.6 is 0 Å². The highest BCUT2D eigenvalue weighted by molar-refractivity contribution is 6.41. The Balaban J connectivity index is 5.04. The first-order valence-corrected chi connectivity index (χ1v) is 5.66. The van der Waals surface area contributed by atoms with Gasteiger partial charge in [-0.3, -0.25) is 9.59 Å². The second-order valence-electron chi connectivity index (χ2n) is 3.40. The minimum absolute atomic E-state index is 0.0746. The largest absolute Gasteiger partial charge is 0.504 e. The van der Waals surface area contributed by atoms with Gasteiger partial charge in [0.1, 0.15) is 0 Å². The number of aliphatic hydroxyl groups is 1. The predicted octanol–water partition coefficient (Wildman–Crippen LogP) is 1.71. The topological polar surface area (TPSA) is 80.7 Å². The summed E-state index contributed by atoms with van der Waals surface area (Å²) in [7, 11) is 0. The van der Waals surface area contributed by atoms with Gasteiger partial charge in [0.15, 0.2) is 11.5 Å². The molecule has 0 spiro atoms.